The molecule has 1 amide bonds. The van der Waals surface area contributed by atoms with Crippen LogP contribution in [-0.4, -0.2) is 11.7 Å². The van der Waals surface area contributed by atoms with E-state index in [1.54, 1.807) is 0 Å². The van der Waals surface area contributed by atoms with Gasteiger partial charge in [-0.2, -0.15) is 0 Å². The number of aryl methyl sites for hydroxylation is 1. The zero-order chi connectivity index (χ0) is 33.0. The number of amides is 1. The molecule has 0 aromatic heterocycles. The Labute approximate surface area is 286 Å². The van der Waals surface area contributed by atoms with Crippen LogP contribution < -0.4 is 5.32 Å². The van der Waals surface area contributed by atoms with Crippen LogP contribution in [-0.2, 0) is 22.4 Å². The summed E-state index contributed by atoms with van der Waals surface area (Å²) in [7, 11) is 0. The van der Waals surface area contributed by atoms with Gasteiger partial charge in [-0.05, 0) is 96.0 Å². The topological polar surface area (TPSA) is 46.2 Å². The van der Waals surface area contributed by atoms with Gasteiger partial charge in [0.15, 0.2) is 0 Å². The molecule has 0 fully saturated rings. The molecule has 3 aliphatic rings. The van der Waals surface area contributed by atoms with Crippen LogP contribution in [0.5, 0.6) is 0 Å². The molecule has 48 heavy (non-hydrogen) atoms. The summed E-state index contributed by atoms with van der Waals surface area (Å²) < 4.78 is 15.6. The third kappa shape index (κ3) is 7.04. The fraction of sp³-hybridized carbons (Fsp3) is 0.250. The van der Waals surface area contributed by atoms with E-state index < -0.39 is 0 Å². The Bertz CT molecular complexity index is 1990. The highest BCUT2D eigenvalue weighted by molar-refractivity contribution is 6.32. The number of halogens is 1. The van der Waals surface area contributed by atoms with Crippen molar-refractivity contribution in [2.45, 2.75) is 71.1 Å². The van der Waals surface area contributed by atoms with Gasteiger partial charge in [-0.25, -0.2) is 4.39 Å². The third-order valence-corrected chi connectivity index (χ3v) is 9.75. The molecule has 0 atom stereocenters. The average Bonchev–Trinajstić information content (AvgIpc) is 3.90. The Kier molecular flexibility index (Phi) is 9.34. The lowest BCUT2D eigenvalue weighted by Gasteiger charge is -2.13. The Morgan fingerprint density at radius 2 is 1.56 bits per heavy atom. The fourth-order valence-electron chi connectivity index (χ4n) is 7.28. The molecule has 1 N–H and O–H groups in total. The van der Waals surface area contributed by atoms with E-state index in [4.69, 9.17) is 0 Å². The first-order valence-corrected chi connectivity index (χ1v) is 17.4. The van der Waals surface area contributed by atoms with Gasteiger partial charge in [-0.15, -0.1) is 0 Å². The minimum atomic E-state index is -0.357. The van der Waals surface area contributed by atoms with E-state index in [1.165, 1.54) is 35.6 Å². The maximum atomic E-state index is 15.6. The molecule has 3 nitrogen and oxygen atoms in total. The number of hydrogen-bond donors (Lipinski definition) is 1. The predicted molar refractivity (Wildman–Crippen MR) is 199 cm³/mol. The minimum Gasteiger partial charge on any atom is -0.321 e. The molecule has 1 radical (unpaired) electrons. The monoisotopic (exact) mass is 638 g/mol. The Hall–Kier alpha value is -4.83. The second kappa shape index (κ2) is 14.1. The number of benzene rings is 4. The first-order chi connectivity index (χ1) is 23.5. The SMILES string of the molecule is CCC/C(CCc1cccc(CC(=O)CC2=CCCCC2)c1)=C1/C(=O)Nc2cc(F)c(-c3ccc(-c4ccccc4C4=C[CH]4)cc3)cc21.[HH].[HH]. The number of Topliss-reactive ketones (excluding diaryl/α,β-unsaturated/α-hetero) is 1. The van der Waals surface area contributed by atoms with E-state index >= 15 is 4.39 Å². The van der Waals surface area contributed by atoms with Crippen LogP contribution in [0, 0.1) is 12.2 Å². The van der Waals surface area contributed by atoms with Gasteiger partial charge in [-0.1, -0.05) is 109 Å². The Morgan fingerprint density at radius 1 is 0.812 bits per heavy atom. The lowest BCUT2D eigenvalue weighted by molar-refractivity contribution is -0.117. The van der Waals surface area contributed by atoms with Crippen molar-refractivity contribution in [2.24, 2.45) is 0 Å². The molecule has 1 aliphatic heterocycles. The van der Waals surface area contributed by atoms with Crippen molar-refractivity contribution in [3.63, 3.8) is 0 Å². The summed E-state index contributed by atoms with van der Waals surface area (Å²) in [4.78, 5) is 26.2. The van der Waals surface area contributed by atoms with Crippen molar-refractivity contribution in [3.8, 4) is 22.3 Å². The zero-order valence-electron chi connectivity index (χ0n) is 27.6. The van der Waals surface area contributed by atoms with Crippen molar-refractivity contribution in [3.05, 3.63) is 143 Å². The normalized spacial score (nSPS) is 16.2. The van der Waals surface area contributed by atoms with Crippen molar-refractivity contribution < 1.29 is 16.8 Å². The van der Waals surface area contributed by atoms with Crippen molar-refractivity contribution in [2.75, 3.05) is 5.32 Å². The largest absolute Gasteiger partial charge is 0.321 e. The van der Waals surface area contributed by atoms with Gasteiger partial charge >= 0.3 is 0 Å². The molecular formula is C44H45FNO2. The molecule has 0 saturated heterocycles. The summed E-state index contributed by atoms with van der Waals surface area (Å²) in [5, 5.41) is 2.93. The number of hydrogen-bond acceptors (Lipinski definition) is 2. The molecule has 4 heteroatoms. The third-order valence-electron chi connectivity index (χ3n) is 9.75. The van der Waals surface area contributed by atoms with Gasteiger partial charge < -0.3 is 5.32 Å². The molecule has 245 valence electrons. The zero-order valence-corrected chi connectivity index (χ0v) is 27.6. The number of ketones is 1. The predicted octanol–water partition coefficient (Wildman–Crippen LogP) is 11.4. The van der Waals surface area contributed by atoms with Gasteiger partial charge in [0.2, 0.25) is 0 Å². The highest BCUT2D eigenvalue weighted by atomic mass is 19.1. The van der Waals surface area contributed by atoms with Crippen LogP contribution in [0.25, 0.3) is 33.4 Å². The Morgan fingerprint density at radius 3 is 2.29 bits per heavy atom. The van der Waals surface area contributed by atoms with E-state index in [2.05, 4.69) is 55.1 Å². The molecule has 0 spiro atoms. The van der Waals surface area contributed by atoms with E-state index in [0.717, 1.165) is 77.5 Å². The van der Waals surface area contributed by atoms with E-state index in [-0.39, 0.29) is 20.4 Å². The van der Waals surface area contributed by atoms with E-state index in [1.807, 2.05) is 54.6 Å². The minimum absolute atomic E-state index is 0. The maximum absolute atomic E-state index is 15.6. The molecule has 1 heterocycles. The summed E-state index contributed by atoms with van der Waals surface area (Å²) in [5.74, 6) is -0.255. The van der Waals surface area contributed by atoms with Crippen molar-refractivity contribution >= 4 is 28.5 Å². The van der Waals surface area contributed by atoms with Crippen LogP contribution in [0.4, 0.5) is 10.1 Å². The number of rotatable bonds is 12. The molecule has 7 rings (SSSR count). The maximum Gasteiger partial charge on any atom is 0.256 e. The molecule has 2 aliphatic carbocycles. The van der Waals surface area contributed by atoms with Gasteiger partial charge in [0.05, 0.1) is 5.69 Å². The van der Waals surface area contributed by atoms with E-state index in [9.17, 15) is 9.59 Å². The number of anilines is 1. The summed E-state index contributed by atoms with van der Waals surface area (Å²) >= 11 is 0. The summed E-state index contributed by atoms with van der Waals surface area (Å²) in [6.07, 6.45) is 15.2. The van der Waals surface area contributed by atoms with Gasteiger partial charge in [0, 0.05) is 38.8 Å². The van der Waals surface area contributed by atoms with Crippen LogP contribution in [0.3, 0.4) is 0 Å². The fourth-order valence-corrected chi connectivity index (χ4v) is 7.28. The molecule has 0 bridgehead atoms. The average molecular weight is 639 g/mol. The van der Waals surface area contributed by atoms with Crippen LogP contribution >= 0.6 is 0 Å². The number of allylic oxidation sites excluding steroid dienone is 5. The number of nitrogens with one attached hydrogen (secondary N) is 1. The van der Waals surface area contributed by atoms with E-state index in [0.29, 0.717) is 29.7 Å². The summed E-state index contributed by atoms with van der Waals surface area (Å²) in [5.41, 5.74) is 12.5. The first kappa shape index (κ1) is 31.8. The standard InChI is InChI=1S/C44H41FNO2.2H2/c1-2-9-35(17-16-30-12-8-13-31(24-30)26-36(47)25-29-10-4-3-5-11-29)43-40-27-39(41(45)28-42(40)46-44(43)48)34-22-20-33(21-23-34)38-15-7-6-14-37(38)32-18-19-32;;/h6-8,10,12-15,18-24,27-28H,2-5,9,11,16-17,25-26H2,1H3,(H,46,48);2*1H/b43-35-;;. The molecular weight excluding hydrogens is 593 g/mol. The number of carbonyl (C=O) groups is 2. The van der Waals surface area contributed by atoms with Crippen molar-refractivity contribution in [1.82, 2.24) is 0 Å². The first-order valence-electron chi connectivity index (χ1n) is 17.4. The van der Waals surface area contributed by atoms with Gasteiger partial charge in [0.25, 0.3) is 5.91 Å². The number of fused-ring (bicyclic) bond motifs is 1. The molecule has 4 aromatic carbocycles. The lowest BCUT2D eigenvalue weighted by atomic mass is 9.90. The lowest BCUT2D eigenvalue weighted by Crippen LogP contribution is -2.07. The molecule has 4 aromatic rings. The van der Waals surface area contributed by atoms with Crippen molar-refractivity contribution in [1.29, 1.82) is 0 Å². The molecule has 0 unspecified atom stereocenters. The highest BCUT2D eigenvalue weighted by Crippen LogP contribution is 2.41. The van der Waals surface area contributed by atoms with Gasteiger partial charge in [-0.3, -0.25) is 9.59 Å². The van der Waals surface area contributed by atoms with Crippen LogP contribution in [0.15, 0.2) is 108 Å². The smallest absolute Gasteiger partial charge is 0.256 e. The summed E-state index contributed by atoms with van der Waals surface area (Å²) in [6, 6.07) is 27.9. The highest BCUT2D eigenvalue weighted by Gasteiger charge is 2.29. The summed E-state index contributed by atoms with van der Waals surface area (Å²) in [6.45, 7) is 2.12. The van der Waals surface area contributed by atoms with Crippen LogP contribution in [0.1, 0.15) is 83.4 Å². The number of carbonyl (C=O) groups excluding carboxylic acids is 2. The van der Waals surface area contributed by atoms with Gasteiger partial charge in [0.1, 0.15) is 11.6 Å². The Balaban J connectivity index is 0.00000243. The molecule has 0 saturated carbocycles. The van der Waals surface area contributed by atoms with Crippen LogP contribution in [0.2, 0.25) is 0 Å². The second-order valence-electron chi connectivity index (χ2n) is 13.3. The second-order valence-corrected chi connectivity index (χ2v) is 13.3. The quantitative estimate of drug-likeness (QED) is 0.124.